The minimum Gasteiger partial charge on any atom is -0.475 e. The summed E-state index contributed by atoms with van der Waals surface area (Å²) in [6, 6.07) is 2.18. The van der Waals surface area contributed by atoms with Gasteiger partial charge in [0.1, 0.15) is 5.01 Å². The number of nitrogens with one attached hydrogen (secondary N) is 1. The third-order valence-corrected chi connectivity index (χ3v) is 4.38. The quantitative estimate of drug-likeness (QED) is 0.859. The molecule has 0 unspecified atom stereocenters. The number of hydrogen-bond acceptors (Lipinski definition) is 6. The standard InChI is InChI=1S/C10H10N2O5S2/c1-6-5-18-8(12-6)4-11-19(15,16)9-3-2-7(17-9)10(13)14/h2-3,5,11H,4H2,1H3,(H,13,14). The number of carboxylic acid groups (broad SMARTS) is 1. The predicted octanol–water partition coefficient (Wildman–Crippen LogP) is 1.22. The van der Waals surface area contributed by atoms with Crippen LogP contribution in [0.2, 0.25) is 0 Å². The number of furan rings is 1. The number of thiazole rings is 1. The second-order valence-electron chi connectivity index (χ2n) is 3.63. The Morgan fingerprint density at radius 1 is 1.53 bits per heavy atom. The molecular weight excluding hydrogens is 292 g/mol. The smallest absolute Gasteiger partial charge is 0.371 e. The van der Waals surface area contributed by atoms with E-state index in [0.29, 0.717) is 5.01 Å². The van der Waals surface area contributed by atoms with Crippen molar-refractivity contribution in [1.29, 1.82) is 0 Å². The van der Waals surface area contributed by atoms with Gasteiger partial charge in [0.05, 0.1) is 6.54 Å². The molecule has 2 N–H and O–H groups in total. The zero-order chi connectivity index (χ0) is 14.0. The van der Waals surface area contributed by atoms with E-state index in [9.17, 15) is 13.2 Å². The van der Waals surface area contributed by atoms with Crippen molar-refractivity contribution in [3.63, 3.8) is 0 Å². The van der Waals surface area contributed by atoms with Crippen LogP contribution in [0.3, 0.4) is 0 Å². The van der Waals surface area contributed by atoms with Crippen LogP contribution in [0.4, 0.5) is 0 Å². The summed E-state index contributed by atoms with van der Waals surface area (Å²) < 4.78 is 30.7. The lowest BCUT2D eigenvalue weighted by Crippen LogP contribution is -2.22. The van der Waals surface area contributed by atoms with Gasteiger partial charge in [0.25, 0.3) is 10.0 Å². The van der Waals surface area contributed by atoms with Crippen molar-refractivity contribution in [3.05, 3.63) is 34.0 Å². The van der Waals surface area contributed by atoms with Gasteiger partial charge in [0.2, 0.25) is 10.9 Å². The molecule has 0 aliphatic heterocycles. The molecule has 0 saturated heterocycles. The fraction of sp³-hybridized carbons (Fsp3) is 0.200. The lowest BCUT2D eigenvalue weighted by Gasteiger charge is -2.01. The van der Waals surface area contributed by atoms with Crippen molar-refractivity contribution in [2.24, 2.45) is 0 Å². The van der Waals surface area contributed by atoms with Crippen molar-refractivity contribution < 1.29 is 22.7 Å². The minimum atomic E-state index is -3.88. The van der Waals surface area contributed by atoms with Crippen LogP contribution < -0.4 is 4.72 Å². The van der Waals surface area contributed by atoms with Crippen molar-refractivity contribution in [2.75, 3.05) is 0 Å². The second-order valence-corrected chi connectivity index (χ2v) is 6.27. The fourth-order valence-corrected chi connectivity index (χ4v) is 3.01. The van der Waals surface area contributed by atoms with Gasteiger partial charge in [-0.25, -0.2) is 22.9 Å². The summed E-state index contributed by atoms with van der Waals surface area (Å²) in [5, 5.41) is 10.6. The summed E-state index contributed by atoms with van der Waals surface area (Å²) >= 11 is 1.33. The fourth-order valence-electron chi connectivity index (χ4n) is 1.29. The van der Waals surface area contributed by atoms with E-state index in [1.165, 1.54) is 11.3 Å². The van der Waals surface area contributed by atoms with Gasteiger partial charge in [-0.1, -0.05) is 0 Å². The lowest BCUT2D eigenvalue weighted by atomic mass is 10.5. The molecule has 0 aromatic carbocycles. The number of rotatable bonds is 5. The van der Waals surface area contributed by atoms with Crippen LogP contribution in [0.25, 0.3) is 0 Å². The molecule has 7 nitrogen and oxygen atoms in total. The van der Waals surface area contributed by atoms with Gasteiger partial charge in [-0.2, -0.15) is 0 Å². The number of hydrogen-bond donors (Lipinski definition) is 2. The van der Waals surface area contributed by atoms with E-state index in [-0.39, 0.29) is 6.54 Å². The first-order valence-corrected chi connectivity index (χ1v) is 7.48. The first kappa shape index (κ1) is 13.7. The summed E-state index contributed by atoms with van der Waals surface area (Å²) in [7, 11) is -3.88. The highest BCUT2D eigenvalue weighted by Crippen LogP contribution is 2.15. The van der Waals surface area contributed by atoms with E-state index in [2.05, 4.69) is 9.71 Å². The van der Waals surface area contributed by atoms with Gasteiger partial charge in [-0.15, -0.1) is 11.3 Å². The van der Waals surface area contributed by atoms with Crippen LogP contribution in [-0.4, -0.2) is 24.5 Å². The van der Waals surface area contributed by atoms with Gasteiger partial charge < -0.3 is 9.52 Å². The third-order valence-electron chi connectivity index (χ3n) is 2.14. The molecule has 0 radical (unpaired) electrons. The van der Waals surface area contributed by atoms with Crippen LogP contribution >= 0.6 is 11.3 Å². The van der Waals surface area contributed by atoms with Gasteiger partial charge in [0.15, 0.2) is 0 Å². The van der Waals surface area contributed by atoms with Crippen LogP contribution in [-0.2, 0) is 16.6 Å². The van der Waals surface area contributed by atoms with Crippen LogP contribution in [0.5, 0.6) is 0 Å². The number of carbonyl (C=O) groups is 1. The molecule has 0 spiro atoms. The Hall–Kier alpha value is -1.71. The van der Waals surface area contributed by atoms with Crippen molar-refractivity contribution in [2.45, 2.75) is 18.6 Å². The molecule has 102 valence electrons. The molecule has 19 heavy (non-hydrogen) atoms. The lowest BCUT2D eigenvalue weighted by molar-refractivity contribution is 0.0656. The van der Waals surface area contributed by atoms with Crippen molar-refractivity contribution in [3.8, 4) is 0 Å². The van der Waals surface area contributed by atoms with E-state index in [1.807, 2.05) is 0 Å². The van der Waals surface area contributed by atoms with E-state index in [0.717, 1.165) is 17.8 Å². The molecule has 0 atom stereocenters. The Bertz CT molecular complexity index is 701. The molecule has 0 bridgehead atoms. The molecule has 0 fully saturated rings. The number of nitrogens with zero attached hydrogens (tertiary/aromatic N) is 1. The van der Waals surface area contributed by atoms with Crippen LogP contribution in [0.1, 0.15) is 21.3 Å². The van der Waals surface area contributed by atoms with Gasteiger partial charge in [0, 0.05) is 11.1 Å². The molecule has 2 heterocycles. The third kappa shape index (κ3) is 3.19. The first-order chi connectivity index (χ1) is 8.88. The van der Waals surface area contributed by atoms with Gasteiger partial charge in [-0.3, -0.25) is 0 Å². The molecule has 0 aliphatic rings. The molecule has 0 aliphatic carbocycles. The Morgan fingerprint density at radius 3 is 2.79 bits per heavy atom. The number of carboxylic acids is 1. The number of aryl methyl sites for hydroxylation is 1. The molecular formula is C10H10N2O5S2. The highest BCUT2D eigenvalue weighted by atomic mass is 32.2. The number of sulfonamides is 1. The summed E-state index contributed by atoms with van der Waals surface area (Å²) in [6.07, 6.45) is 0. The minimum absolute atomic E-state index is 0.0317. The molecule has 2 aromatic heterocycles. The zero-order valence-electron chi connectivity index (χ0n) is 9.78. The van der Waals surface area contributed by atoms with Crippen LogP contribution in [0.15, 0.2) is 27.0 Å². The van der Waals surface area contributed by atoms with Crippen molar-refractivity contribution in [1.82, 2.24) is 9.71 Å². The summed E-state index contributed by atoms with van der Waals surface area (Å²) in [6.45, 7) is 1.84. The van der Waals surface area contributed by atoms with E-state index < -0.39 is 26.8 Å². The Labute approximate surface area is 113 Å². The maximum atomic E-state index is 11.8. The first-order valence-electron chi connectivity index (χ1n) is 5.12. The Morgan fingerprint density at radius 2 is 2.26 bits per heavy atom. The van der Waals surface area contributed by atoms with Gasteiger partial charge >= 0.3 is 5.97 Å². The normalized spacial score (nSPS) is 11.6. The highest BCUT2D eigenvalue weighted by Gasteiger charge is 2.21. The molecule has 2 rings (SSSR count). The SMILES string of the molecule is Cc1csc(CNS(=O)(=O)c2ccc(C(=O)O)o2)n1. The number of aromatic nitrogens is 1. The molecule has 0 amide bonds. The Balaban J connectivity index is 2.11. The monoisotopic (exact) mass is 302 g/mol. The molecule has 2 aromatic rings. The number of aromatic carboxylic acids is 1. The highest BCUT2D eigenvalue weighted by molar-refractivity contribution is 7.89. The summed E-state index contributed by atoms with van der Waals surface area (Å²) in [5.74, 6) is -1.75. The molecule has 0 saturated carbocycles. The Kier molecular flexibility index (Phi) is 3.69. The average molecular weight is 302 g/mol. The molecule has 9 heteroatoms. The van der Waals surface area contributed by atoms with E-state index >= 15 is 0 Å². The van der Waals surface area contributed by atoms with E-state index in [1.54, 1.807) is 12.3 Å². The van der Waals surface area contributed by atoms with E-state index in [4.69, 9.17) is 9.52 Å². The topological polar surface area (TPSA) is 110 Å². The zero-order valence-corrected chi connectivity index (χ0v) is 11.4. The maximum Gasteiger partial charge on any atom is 0.371 e. The second kappa shape index (κ2) is 5.11. The average Bonchev–Trinajstić information content (AvgIpc) is 2.95. The van der Waals surface area contributed by atoms with Crippen molar-refractivity contribution >= 4 is 27.3 Å². The maximum absolute atomic E-state index is 11.8. The van der Waals surface area contributed by atoms with Gasteiger partial charge in [-0.05, 0) is 19.1 Å². The summed E-state index contributed by atoms with van der Waals surface area (Å²) in [4.78, 5) is 14.7. The summed E-state index contributed by atoms with van der Waals surface area (Å²) in [5.41, 5.74) is 0.811. The van der Waals surface area contributed by atoms with Crippen LogP contribution in [0, 0.1) is 6.92 Å². The largest absolute Gasteiger partial charge is 0.475 e. The predicted molar refractivity (Wildman–Crippen MR) is 66.5 cm³/mol.